The lowest BCUT2D eigenvalue weighted by Gasteiger charge is -2.14. The molecule has 144 valence electrons. The van der Waals surface area contributed by atoms with Gasteiger partial charge in [-0.05, 0) is 42.5 Å². The summed E-state index contributed by atoms with van der Waals surface area (Å²) in [5.74, 6) is -2.13. The van der Waals surface area contributed by atoms with Crippen molar-refractivity contribution >= 4 is 23.7 Å². The molecule has 1 aromatic carbocycles. The summed E-state index contributed by atoms with van der Waals surface area (Å²) < 4.78 is 5.11. The van der Waals surface area contributed by atoms with Crippen LogP contribution in [0.25, 0.3) is 0 Å². The molecule has 1 aromatic heterocycles. The van der Waals surface area contributed by atoms with E-state index in [9.17, 15) is 24.9 Å². The minimum absolute atomic E-state index is 0.157. The molecule has 0 saturated carbocycles. The Bertz CT molecular complexity index is 835. The zero-order chi connectivity index (χ0) is 20.0. The number of carboxylic acids is 2. The van der Waals surface area contributed by atoms with Crippen molar-refractivity contribution in [1.29, 1.82) is 0 Å². The first-order chi connectivity index (χ1) is 12.9. The fraction of sp³-hybridized carbons (Fsp3) is 0.316. The van der Waals surface area contributed by atoms with E-state index in [2.05, 4.69) is 4.98 Å². The highest BCUT2D eigenvalue weighted by atomic mass is 32.2. The second-order valence-electron chi connectivity index (χ2n) is 5.80. The Balaban J connectivity index is 2.43. The number of aromatic carboxylic acids is 2. The first-order valence-electron chi connectivity index (χ1n) is 8.22. The van der Waals surface area contributed by atoms with Crippen LogP contribution in [0, 0.1) is 0 Å². The first-order valence-corrected chi connectivity index (χ1v) is 9.61. The summed E-state index contributed by atoms with van der Waals surface area (Å²) in [6.07, 6.45) is 2.94. The zero-order valence-electron chi connectivity index (χ0n) is 15.1. The van der Waals surface area contributed by atoms with Gasteiger partial charge in [0, 0.05) is 6.42 Å². The molecule has 3 N–H and O–H groups in total. The number of nitrogens with zero attached hydrogens (tertiary/aromatic N) is 1. The topological polar surface area (TPSA) is 117 Å². The van der Waals surface area contributed by atoms with Crippen LogP contribution in [0.4, 0.5) is 0 Å². The summed E-state index contributed by atoms with van der Waals surface area (Å²) in [6.45, 7) is 0. The number of carbonyl (C=O) groups is 2. The van der Waals surface area contributed by atoms with Crippen LogP contribution in [0.3, 0.4) is 0 Å². The van der Waals surface area contributed by atoms with Crippen LogP contribution in [-0.4, -0.2) is 51.4 Å². The molecule has 27 heavy (non-hydrogen) atoms. The lowest BCUT2D eigenvalue weighted by molar-refractivity contribution is 0.0646. The number of hydrogen-bond donors (Lipinski definition) is 3. The summed E-state index contributed by atoms with van der Waals surface area (Å²) in [7, 11) is 1.57. The second-order valence-corrected chi connectivity index (χ2v) is 6.79. The maximum Gasteiger partial charge on any atom is 0.340 e. The number of thioether (sulfide) groups is 1. The van der Waals surface area contributed by atoms with Crippen molar-refractivity contribution in [2.75, 3.05) is 19.1 Å². The molecule has 0 spiro atoms. The van der Waals surface area contributed by atoms with Crippen molar-refractivity contribution in [3.8, 4) is 11.5 Å². The molecular weight excluding hydrogens is 370 g/mol. The van der Waals surface area contributed by atoms with E-state index >= 15 is 0 Å². The fourth-order valence-electron chi connectivity index (χ4n) is 2.73. The molecule has 0 radical (unpaired) electrons. The van der Waals surface area contributed by atoms with Gasteiger partial charge in [0.25, 0.3) is 0 Å². The molecule has 0 saturated heterocycles. The molecule has 0 atom stereocenters. The van der Waals surface area contributed by atoms with Gasteiger partial charge in [-0.3, -0.25) is 4.98 Å². The van der Waals surface area contributed by atoms with Gasteiger partial charge in [-0.15, -0.1) is 0 Å². The SMILES string of the molecule is COc1ccc(CCc2nc(CCSC)c(O)c(C(=O)O)c2C(=O)O)cc1. The number of aromatic hydroxyl groups is 1. The predicted molar refractivity (Wildman–Crippen MR) is 102 cm³/mol. The van der Waals surface area contributed by atoms with E-state index in [-0.39, 0.29) is 17.8 Å². The van der Waals surface area contributed by atoms with Gasteiger partial charge in [0.15, 0.2) is 5.75 Å². The summed E-state index contributed by atoms with van der Waals surface area (Å²) in [4.78, 5) is 27.6. The van der Waals surface area contributed by atoms with Crippen LogP contribution < -0.4 is 4.74 Å². The van der Waals surface area contributed by atoms with Crippen LogP contribution in [-0.2, 0) is 19.3 Å². The van der Waals surface area contributed by atoms with E-state index in [1.807, 2.05) is 18.4 Å². The standard InChI is InChI=1S/C19H21NO6S/c1-26-12-6-3-11(4-7-12)5-8-13-15(18(22)23)16(19(24)25)17(21)14(20-13)9-10-27-2/h3-4,6-7,21H,5,8-10H2,1-2H3,(H,22,23)(H,24,25). The normalized spacial score (nSPS) is 10.6. The third-order valence-corrected chi connectivity index (χ3v) is 4.71. The average Bonchev–Trinajstić information content (AvgIpc) is 2.65. The van der Waals surface area contributed by atoms with Crippen molar-refractivity contribution in [3.05, 3.63) is 52.3 Å². The van der Waals surface area contributed by atoms with Gasteiger partial charge in [-0.2, -0.15) is 11.8 Å². The van der Waals surface area contributed by atoms with E-state index < -0.39 is 28.8 Å². The highest BCUT2D eigenvalue weighted by Gasteiger charge is 2.28. The van der Waals surface area contributed by atoms with Crippen molar-refractivity contribution in [2.24, 2.45) is 0 Å². The molecule has 0 aliphatic carbocycles. The molecule has 8 heteroatoms. The molecule has 0 unspecified atom stereocenters. The number of carboxylic acid groups (broad SMARTS) is 2. The molecule has 0 amide bonds. The summed E-state index contributed by atoms with van der Waals surface area (Å²) in [5.41, 5.74) is 0.241. The number of ether oxygens (including phenoxy) is 1. The number of rotatable bonds is 9. The molecule has 0 aliphatic rings. The van der Waals surface area contributed by atoms with Crippen LogP contribution in [0.2, 0.25) is 0 Å². The number of aryl methyl sites for hydroxylation is 3. The number of hydrogen-bond acceptors (Lipinski definition) is 6. The maximum atomic E-state index is 11.7. The van der Waals surface area contributed by atoms with Gasteiger partial charge >= 0.3 is 11.9 Å². The molecule has 0 bridgehead atoms. The van der Waals surface area contributed by atoms with Crippen molar-refractivity contribution in [3.63, 3.8) is 0 Å². The highest BCUT2D eigenvalue weighted by Crippen LogP contribution is 2.29. The van der Waals surface area contributed by atoms with E-state index in [0.29, 0.717) is 24.3 Å². The zero-order valence-corrected chi connectivity index (χ0v) is 15.9. The number of pyridine rings is 1. The van der Waals surface area contributed by atoms with Gasteiger partial charge < -0.3 is 20.1 Å². The van der Waals surface area contributed by atoms with Gasteiger partial charge in [-0.25, -0.2) is 9.59 Å². The second kappa shape index (κ2) is 9.27. The quantitative estimate of drug-likeness (QED) is 0.597. The Morgan fingerprint density at radius 2 is 1.63 bits per heavy atom. The Hall–Kier alpha value is -2.74. The summed E-state index contributed by atoms with van der Waals surface area (Å²) in [6, 6.07) is 7.30. The number of benzene rings is 1. The largest absolute Gasteiger partial charge is 0.505 e. The van der Waals surface area contributed by atoms with Gasteiger partial charge in [0.05, 0.1) is 24.1 Å². The Morgan fingerprint density at radius 3 is 2.15 bits per heavy atom. The molecule has 2 rings (SSSR count). The summed E-state index contributed by atoms with van der Waals surface area (Å²) >= 11 is 1.52. The highest BCUT2D eigenvalue weighted by molar-refractivity contribution is 7.98. The Labute approximate surface area is 161 Å². The van der Waals surface area contributed by atoms with Crippen molar-refractivity contribution < 1.29 is 29.6 Å². The molecule has 0 fully saturated rings. The molecular formula is C19H21NO6S. The fourth-order valence-corrected chi connectivity index (χ4v) is 3.12. The van der Waals surface area contributed by atoms with Gasteiger partial charge in [0.1, 0.15) is 11.3 Å². The Kier molecular flexibility index (Phi) is 7.06. The van der Waals surface area contributed by atoms with Crippen LogP contribution in [0.1, 0.15) is 37.7 Å². The third-order valence-electron chi connectivity index (χ3n) is 4.10. The number of aromatic nitrogens is 1. The third kappa shape index (κ3) is 4.91. The van der Waals surface area contributed by atoms with Crippen molar-refractivity contribution in [2.45, 2.75) is 19.3 Å². The van der Waals surface area contributed by atoms with Crippen molar-refractivity contribution in [1.82, 2.24) is 4.98 Å². The molecule has 1 heterocycles. The van der Waals surface area contributed by atoms with Crippen LogP contribution in [0.15, 0.2) is 24.3 Å². The van der Waals surface area contributed by atoms with Gasteiger partial charge in [-0.1, -0.05) is 12.1 Å². The summed E-state index contributed by atoms with van der Waals surface area (Å²) in [5, 5.41) is 29.2. The van der Waals surface area contributed by atoms with E-state index in [4.69, 9.17) is 4.74 Å². The molecule has 0 aliphatic heterocycles. The average molecular weight is 391 g/mol. The predicted octanol–water partition coefficient (Wildman–Crippen LogP) is 2.88. The monoisotopic (exact) mass is 391 g/mol. The first kappa shape index (κ1) is 20.6. The van der Waals surface area contributed by atoms with E-state index in [0.717, 1.165) is 5.56 Å². The minimum atomic E-state index is -1.48. The van der Waals surface area contributed by atoms with Crippen LogP contribution in [0.5, 0.6) is 11.5 Å². The molecule has 2 aromatic rings. The smallest absolute Gasteiger partial charge is 0.340 e. The van der Waals surface area contributed by atoms with Crippen LogP contribution >= 0.6 is 11.8 Å². The minimum Gasteiger partial charge on any atom is -0.505 e. The molecule has 7 nitrogen and oxygen atoms in total. The maximum absolute atomic E-state index is 11.7. The number of methoxy groups -OCH3 is 1. The van der Waals surface area contributed by atoms with E-state index in [1.165, 1.54) is 11.8 Å². The lowest BCUT2D eigenvalue weighted by Crippen LogP contribution is -2.16. The lowest BCUT2D eigenvalue weighted by atomic mass is 9.98. The van der Waals surface area contributed by atoms with E-state index in [1.54, 1.807) is 19.2 Å². The Morgan fingerprint density at radius 1 is 1.00 bits per heavy atom. The van der Waals surface area contributed by atoms with Gasteiger partial charge in [0.2, 0.25) is 0 Å².